The van der Waals surface area contributed by atoms with E-state index >= 15 is 0 Å². The van der Waals surface area contributed by atoms with Crippen molar-refractivity contribution in [2.75, 3.05) is 19.8 Å². The third-order valence-corrected chi connectivity index (χ3v) is 2.14. The first-order valence-electron chi connectivity index (χ1n) is 5.38. The molecule has 0 fully saturated rings. The number of hydrogen-bond donors (Lipinski definition) is 1. The second kappa shape index (κ2) is 6.60. The topological polar surface area (TPSA) is 38.3 Å². The zero-order valence-electron chi connectivity index (χ0n) is 8.84. The van der Waals surface area contributed by atoms with Gasteiger partial charge in [-0.15, -0.1) is 0 Å². The van der Waals surface area contributed by atoms with Crippen LogP contribution >= 0.6 is 0 Å². The summed E-state index contributed by atoms with van der Waals surface area (Å²) in [6.45, 7) is 4.67. The zero-order chi connectivity index (χ0) is 10.2. The highest BCUT2D eigenvalue weighted by Gasteiger charge is 2.10. The van der Waals surface area contributed by atoms with Crippen LogP contribution in [-0.4, -0.2) is 25.5 Å². The van der Waals surface area contributed by atoms with E-state index in [9.17, 15) is 4.79 Å². The second-order valence-corrected chi connectivity index (χ2v) is 3.53. The molecule has 1 aliphatic carbocycles. The van der Waals surface area contributed by atoms with Gasteiger partial charge in [0.25, 0.3) is 0 Å². The Balaban J connectivity index is 1.94. The minimum absolute atomic E-state index is 0.245. The summed E-state index contributed by atoms with van der Waals surface area (Å²) in [4.78, 5) is 10.9. The number of nitrogens with one attached hydrogen (secondary N) is 1. The molecular weight excluding hydrogens is 178 g/mol. The maximum atomic E-state index is 10.9. The summed E-state index contributed by atoms with van der Waals surface area (Å²) < 4.78 is 5.34. The fourth-order valence-electron chi connectivity index (χ4n) is 1.41. The third kappa shape index (κ3) is 4.42. The largest absolute Gasteiger partial charge is 0.388 e. The lowest BCUT2D eigenvalue weighted by Gasteiger charge is -2.06. The van der Waals surface area contributed by atoms with Crippen LogP contribution in [0.2, 0.25) is 0 Å². The third-order valence-electron chi connectivity index (χ3n) is 2.14. The number of ketones is 1. The van der Waals surface area contributed by atoms with Gasteiger partial charge in [0.1, 0.15) is 0 Å². The maximum absolute atomic E-state index is 10.9. The predicted molar refractivity (Wildman–Crippen MR) is 56.1 cm³/mol. The Bertz CT molecular complexity index is 211. The molecular formula is C11H19NO2. The number of ether oxygens (including phenoxy) is 1. The van der Waals surface area contributed by atoms with Crippen LogP contribution in [0, 0.1) is 0 Å². The van der Waals surface area contributed by atoms with Crippen molar-refractivity contribution in [1.29, 1.82) is 0 Å². The van der Waals surface area contributed by atoms with Crippen LogP contribution in [0.5, 0.6) is 0 Å². The van der Waals surface area contributed by atoms with Crippen molar-refractivity contribution in [3.8, 4) is 0 Å². The molecule has 0 heterocycles. The SMILES string of the molecule is CCCOCCCNC1=CC(=O)CC1. The molecule has 0 aromatic carbocycles. The van der Waals surface area contributed by atoms with Crippen LogP contribution in [0.25, 0.3) is 0 Å². The van der Waals surface area contributed by atoms with E-state index in [0.717, 1.165) is 44.7 Å². The van der Waals surface area contributed by atoms with E-state index in [2.05, 4.69) is 12.2 Å². The quantitative estimate of drug-likeness (QED) is 0.630. The lowest BCUT2D eigenvalue weighted by molar-refractivity contribution is -0.114. The van der Waals surface area contributed by atoms with Crippen molar-refractivity contribution < 1.29 is 9.53 Å². The summed E-state index contributed by atoms with van der Waals surface area (Å²) in [5.74, 6) is 0.245. The Kier molecular flexibility index (Phi) is 5.30. The van der Waals surface area contributed by atoms with E-state index in [1.54, 1.807) is 6.08 Å². The summed E-state index contributed by atoms with van der Waals surface area (Å²) in [5.41, 5.74) is 1.09. The summed E-state index contributed by atoms with van der Waals surface area (Å²) in [6, 6.07) is 0. The zero-order valence-corrected chi connectivity index (χ0v) is 8.84. The molecule has 3 nitrogen and oxygen atoms in total. The molecule has 0 aliphatic heterocycles. The van der Waals surface area contributed by atoms with Crippen LogP contribution in [-0.2, 0) is 9.53 Å². The number of allylic oxidation sites excluding steroid dienone is 2. The highest BCUT2D eigenvalue weighted by Crippen LogP contribution is 2.11. The molecule has 0 bridgehead atoms. The minimum Gasteiger partial charge on any atom is -0.388 e. The van der Waals surface area contributed by atoms with Gasteiger partial charge in [-0.05, 0) is 19.3 Å². The molecule has 1 aliphatic rings. The molecule has 0 saturated heterocycles. The molecule has 14 heavy (non-hydrogen) atoms. The monoisotopic (exact) mass is 197 g/mol. The normalized spacial score (nSPS) is 15.8. The van der Waals surface area contributed by atoms with Crippen molar-refractivity contribution in [3.63, 3.8) is 0 Å². The number of rotatable bonds is 7. The molecule has 1 N–H and O–H groups in total. The molecule has 0 unspecified atom stereocenters. The number of carbonyl (C=O) groups is 1. The van der Waals surface area contributed by atoms with Gasteiger partial charge in [-0.2, -0.15) is 0 Å². The van der Waals surface area contributed by atoms with E-state index < -0.39 is 0 Å². The first-order chi connectivity index (χ1) is 6.83. The van der Waals surface area contributed by atoms with E-state index in [4.69, 9.17) is 4.74 Å². The van der Waals surface area contributed by atoms with Gasteiger partial charge in [-0.25, -0.2) is 0 Å². The van der Waals surface area contributed by atoms with Gasteiger partial charge >= 0.3 is 0 Å². The van der Waals surface area contributed by atoms with Crippen molar-refractivity contribution in [2.24, 2.45) is 0 Å². The summed E-state index contributed by atoms with van der Waals surface area (Å²) >= 11 is 0. The van der Waals surface area contributed by atoms with E-state index in [0.29, 0.717) is 6.42 Å². The average Bonchev–Trinajstić information content (AvgIpc) is 2.58. The fraction of sp³-hybridized carbons (Fsp3) is 0.727. The van der Waals surface area contributed by atoms with Gasteiger partial charge in [-0.3, -0.25) is 4.79 Å². The van der Waals surface area contributed by atoms with Gasteiger partial charge in [0.15, 0.2) is 5.78 Å². The van der Waals surface area contributed by atoms with Gasteiger partial charge in [0.05, 0.1) is 0 Å². The Labute approximate surface area is 85.5 Å². The second-order valence-electron chi connectivity index (χ2n) is 3.53. The fourth-order valence-corrected chi connectivity index (χ4v) is 1.41. The van der Waals surface area contributed by atoms with E-state index in [1.165, 1.54) is 0 Å². The summed E-state index contributed by atoms with van der Waals surface area (Å²) in [6.07, 6.45) is 5.36. The Morgan fingerprint density at radius 1 is 1.43 bits per heavy atom. The highest BCUT2D eigenvalue weighted by atomic mass is 16.5. The van der Waals surface area contributed by atoms with Crippen LogP contribution in [0.15, 0.2) is 11.8 Å². The molecule has 80 valence electrons. The summed E-state index contributed by atoms with van der Waals surface area (Å²) in [7, 11) is 0. The van der Waals surface area contributed by atoms with Crippen LogP contribution in [0.1, 0.15) is 32.6 Å². The molecule has 0 aromatic heterocycles. The standard InChI is InChI=1S/C11H19NO2/c1-2-7-14-8-3-6-12-10-4-5-11(13)9-10/h9,12H,2-8H2,1H3. The summed E-state index contributed by atoms with van der Waals surface area (Å²) in [5, 5.41) is 3.25. The van der Waals surface area contributed by atoms with E-state index in [-0.39, 0.29) is 5.78 Å². The lowest BCUT2D eigenvalue weighted by Crippen LogP contribution is -2.15. The van der Waals surface area contributed by atoms with Crippen molar-refractivity contribution >= 4 is 5.78 Å². The van der Waals surface area contributed by atoms with Gasteiger partial charge in [0, 0.05) is 38.0 Å². The molecule has 0 radical (unpaired) electrons. The molecule has 0 atom stereocenters. The smallest absolute Gasteiger partial charge is 0.157 e. The van der Waals surface area contributed by atoms with Crippen molar-refractivity contribution in [2.45, 2.75) is 32.6 Å². The van der Waals surface area contributed by atoms with Crippen LogP contribution in [0.4, 0.5) is 0 Å². The Hall–Kier alpha value is -0.830. The molecule has 0 saturated carbocycles. The predicted octanol–water partition coefficient (Wildman–Crippen LogP) is 1.64. The number of hydrogen-bond acceptors (Lipinski definition) is 3. The van der Waals surface area contributed by atoms with Crippen molar-refractivity contribution in [3.05, 3.63) is 11.8 Å². The van der Waals surface area contributed by atoms with Gasteiger partial charge in [0.2, 0.25) is 0 Å². The minimum atomic E-state index is 0.245. The van der Waals surface area contributed by atoms with Crippen LogP contribution in [0.3, 0.4) is 0 Å². The Morgan fingerprint density at radius 2 is 2.29 bits per heavy atom. The van der Waals surface area contributed by atoms with Gasteiger partial charge in [-0.1, -0.05) is 6.92 Å². The molecule has 0 amide bonds. The first-order valence-corrected chi connectivity index (χ1v) is 5.38. The average molecular weight is 197 g/mol. The number of carbonyl (C=O) groups excluding carboxylic acids is 1. The van der Waals surface area contributed by atoms with Crippen LogP contribution < -0.4 is 5.32 Å². The first kappa shape index (κ1) is 11.2. The molecule has 1 rings (SSSR count). The molecule has 0 spiro atoms. The lowest BCUT2D eigenvalue weighted by atomic mass is 10.3. The molecule has 3 heteroatoms. The van der Waals surface area contributed by atoms with Crippen molar-refractivity contribution in [1.82, 2.24) is 5.32 Å². The van der Waals surface area contributed by atoms with Gasteiger partial charge < -0.3 is 10.1 Å². The Morgan fingerprint density at radius 3 is 2.93 bits per heavy atom. The molecule has 0 aromatic rings. The maximum Gasteiger partial charge on any atom is 0.157 e. The van der Waals surface area contributed by atoms with E-state index in [1.807, 2.05) is 0 Å². The highest BCUT2D eigenvalue weighted by molar-refractivity contribution is 5.92.